The van der Waals surface area contributed by atoms with Crippen molar-refractivity contribution in [3.8, 4) is 44.5 Å². The molecule has 12 aromatic carbocycles. The Balaban J connectivity index is 1.01. The quantitative estimate of drug-likeness (QED) is 0.114. The molecule has 1 heterocycles. The number of fused-ring (bicyclic) bond motifs is 3. The first-order valence-corrected chi connectivity index (χ1v) is 26.6. The molecule has 0 saturated carbocycles. The largest absolute Gasteiger partial charge is 0.310 e. The Morgan fingerprint density at radius 1 is 0.171 bits per heavy atom. The summed E-state index contributed by atoms with van der Waals surface area (Å²) in [4.78, 5) is 7.17. The van der Waals surface area contributed by atoms with Crippen LogP contribution in [0.2, 0.25) is 0 Å². The highest BCUT2D eigenvalue weighted by Gasteiger charge is 2.23. The number of rotatable bonds is 13. The van der Waals surface area contributed by atoms with E-state index in [1.54, 1.807) is 0 Å². The summed E-state index contributed by atoms with van der Waals surface area (Å²) < 4.78 is 2.61. The lowest BCUT2D eigenvalue weighted by atomic mass is 10.0. The highest BCUT2D eigenvalue weighted by atomic mass is 32.1. The van der Waals surface area contributed by atoms with Crippen LogP contribution in [0.25, 0.3) is 64.7 Å². The molecule has 0 aliphatic rings. The Labute approximate surface area is 448 Å². The van der Waals surface area contributed by atoms with Crippen LogP contribution in [0.3, 0.4) is 0 Å². The van der Waals surface area contributed by atoms with E-state index < -0.39 is 0 Å². The zero-order valence-electron chi connectivity index (χ0n) is 41.7. The van der Waals surface area contributed by atoms with Gasteiger partial charge in [-0.1, -0.05) is 200 Å². The summed E-state index contributed by atoms with van der Waals surface area (Å²) in [6.45, 7) is 0. The molecule has 0 spiro atoms. The molecular weight excluding hydrogens is 939 g/mol. The van der Waals surface area contributed by atoms with E-state index in [9.17, 15) is 0 Å². The van der Waals surface area contributed by atoms with Crippen LogP contribution in [0.1, 0.15) is 0 Å². The first kappa shape index (κ1) is 46.1. The number of nitrogens with zero attached hydrogens (tertiary/aromatic N) is 3. The van der Waals surface area contributed by atoms with Gasteiger partial charge in [-0.05, 0) is 154 Å². The molecule has 0 unspecified atom stereocenters. The summed E-state index contributed by atoms with van der Waals surface area (Å²) in [6, 6.07) is 112. The SMILES string of the molecule is c1ccc(-c2ccc(N(c3ccccc3)c3cc(N(c4ccccc4)c4ccc(-c5ccccc5)cc4)cc(N(c4ccc(-c5ccccc5)cc4)c4ccc(-c5ccc6sc7ccccc7c6c5)cc4)c3)cc2)cc1. The van der Waals surface area contributed by atoms with E-state index in [-0.39, 0.29) is 0 Å². The smallest absolute Gasteiger partial charge is 0.0503 e. The number of hydrogen-bond donors (Lipinski definition) is 0. The molecule has 0 aliphatic heterocycles. The maximum Gasteiger partial charge on any atom is 0.0503 e. The van der Waals surface area contributed by atoms with Gasteiger partial charge in [0.15, 0.2) is 0 Å². The zero-order chi connectivity index (χ0) is 50.6. The minimum Gasteiger partial charge on any atom is -0.310 e. The molecule has 1 aromatic heterocycles. The molecular formula is C72H51N3S. The van der Waals surface area contributed by atoms with Gasteiger partial charge in [-0.3, -0.25) is 0 Å². The predicted molar refractivity (Wildman–Crippen MR) is 325 cm³/mol. The van der Waals surface area contributed by atoms with Crippen molar-refractivity contribution in [2.45, 2.75) is 0 Å². The number of hydrogen-bond acceptors (Lipinski definition) is 4. The van der Waals surface area contributed by atoms with E-state index in [2.05, 4.69) is 324 Å². The number of para-hydroxylation sites is 2. The van der Waals surface area contributed by atoms with Crippen molar-refractivity contribution in [1.29, 1.82) is 0 Å². The number of thiophene rings is 1. The summed E-state index contributed by atoms with van der Waals surface area (Å²) >= 11 is 1.85. The summed E-state index contributed by atoms with van der Waals surface area (Å²) in [5, 5.41) is 2.59. The fourth-order valence-electron chi connectivity index (χ4n) is 10.5. The van der Waals surface area contributed by atoms with Crippen LogP contribution in [0.15, 0.2) is 309 Å². The van der Waals surface area contributed by atoms with Gasteiger partial charge in [0.25, 0.3) is 0 Å². The normalized spacial score (nSPS) is 11.2. The summed E-state index contributed by atoms with van der Waals surface area (Å²) in [7, 11) is 0. The molecule has 0 N–H and O–H groups in total. The van der Waals surface area contributed by atoms with E-state index in [1.165, 1.54) is 42.4 Å². The van der Waals surface area contributed by atoms with Crippen molar-refractivity contribution in [2.24, 2.45) is 0 Å². The Bertz CT molecular complexity index is 3910. The van der Waals surface area contributed by atoms with Crippen molar-refractivity contribution in [2.75, 3.05) is 14.7 Å². The average Bonchev–Trinajstić information content (AvgIpc) is 3.88. The van der Waals surface area contributed by atoms with E-state index in [0.717, 1.165) is 73.4 Å². The summed E-state index contributed by atoms with van der Waals surface area (Å²) in [6.07, 6.45) is 0. The molecule has 0 bridgehead atoms. The second kappa shape index (κ2) is 20.6. The van der Waals surface area contributed by atoms with Crippen molar-refractivity contribution >= 4 is 82.7 Å². The zero-order valence-corrected chi connectivity index (χ0v) is 42.5. The van der Waals surface area contributed by atoms with Gasteiger partial charge >= 0.3 is 0 Å². The molecule has 0 saturated heterocycles. The topological polar surface area (TPSA) is 9.72 Å². The van der Waals surface area contributed by atoms with Crippen LogP contribution >= 0.6 is 11.3 Å². The van der Waals surface area contributed by atoms with Crippen molar-refractivity contribution in [3.05, 3.63) is 309 Å². The van der Waals surface area contributed by atoms with Gasteiger partial charge in [-0.25, -0.2) is 0 Å². The molecule has 3 nitrogen and oxygen atoms in total. The van der Waals surface area contributed by atoms with Crippen LogP contribution < -0.4 is 14.7 Å². The number of benzene rings is 12. The summed E-state index contributed by atoms with van der Waals surface area (Å²) in [5.74, 6) is 0. The molecule has 13 rings (SSSR count). The minimum atomic E-state index is 1.00. The maximum atomic E-state index is 2.41. The lowest BCUT2D eigenvalue weighted by molar-refractivity contribution is 1.22. The molecule has 0 fully saturated rings. The van der Waals surface area contributed by atoms with Gasteiger partial charge in [0.1, 0.15) is 0 Å². The number of anilines is 9. The lowest BCUT2D eigenvalue weighted by Gasteiger charge is -2.33. The highest BCUT2D eigenvalue weighted by molar-refractivity contribution is 7.25. The second-order valence-electron chi connectivity index (χ2n) is 19.0. The molecule has 0 amide bonds. The highest BCUT2D eigenvalue weighted by Crippen LogP contribution is 2.47. The molecule has 76 heavy (non-hydrogen) atoms. The molecule has 0 atom stereocenters. The first-order valence-electron chi connectivity index (χ1n) is 25.8. The third kappa shape index (κ3) is 9.30. The minimum absolute atomic E-state index is 1.00. The van der Waals surface area contributed by atoms with Crippen LogP contribution in [0.5, 0.6) is 0 Å². The van der Waals surface area contributed by atoms with E-state index in [4.69, 9.17) is 0 Å². The van der Waals surface area contributed by atoms with Crippen molar-refractivity contribution in [1.82, 2.24) is 0 Å². The van der Waals surface area contributed by atoms with Gasteiger partial charge in [0, 0.05) is 54.3 Å². The van der Waals surface area contributed by atoms with E-state index in [0.29, 0.717) is 0 Å². The molecule has 4 heteroatoms. The van der Waals surface area contributed by atoms with Crippen LogP contribution in [-0.2, 0) is 0 Å². The summed E-state index contributed by atoms with van der Waals surface area (Å²) in [5.41, 5.74) is 18.7. The fourth-order valence-corrected chi connectivity index (χ4v) is 11.6. The third-order valence-electron chi connectivity index (χ3n) is 14.2. The van der Waals surface area contributed by atoms with Crippen LogP contribution in [-0.4, -0.2) is 0 Å². The Morgan fingerprint density at radius 3 is 0.803 bits per heavy atom. The van der Waals surface area contributed by atoms with Crippen molar-refractivity contribution < 1.29 is 0 Å². The Hall–Kier alpha value is -9.74. The standard InChI is InChI=1S/C72H51N3S/c1-6-18-52(19-7-1)55-30-39-62(40-31-55)73(60-24-12-4-13-25-60)66-49-67(74(61-26-14-5-15-27-61)63-41-32-56(33-42-63)53-20-8-2-9-21-53)51-68(50-66)75(64-43-34-57(35-44-64)54-22-10-3-11-23-54)65-45-36-58(37-46-65)59-38-47-72-70(48-59)69-28-16-17-29-71(69)76-72/h1-51H. The average molecular weight is 990 g/mol. The first-order chi connectivity index (χ1) is 37.7. The molecule has 0 radical (unpaired) electrons. The fraction of sp³-hybridized carbons (Fsp3) is 0. The van der Waals surface area contributed by atoms with Gasteiger partial charge in [0.05, 0.1) is 17.1 Å². The van der Waals surface area contributed by atoms with Gasteiger partial charge in [-0.15, -0.1) is 11.3 Å². The Kier molecular flexibility index (Phi) is 12.5. The van der Waals surface area contributed by atoms with Crippen LogP contribution in [0.4, 0.5) is 51.2 Å². The van der Waals surface area contributed by atoms with Crippen LogP contribution in [0, 0.1) is 0 Å². The molecule has 13 aromatic rings. The Morgan fingerprint density at radius 2 is 0.434 bits per heavy atom. The van der Waals surface area contributed by atoms with Gasteiger partial charge in [-0.2, -0.15) is 0 Å². The second-order valence-corrected chi connectivity index (χ2v) is 20.1. The predicted octanol–water partition coefficient (Wildman–Crippen LogP) is 21.1. The van der Waals surface area contributed by atoms with E-state index in [1.807, 2.05) is 11.3 Å². The maximum absolute atomic E-state index is 2.41. The van der Waals surface area contributed by atoms with Crippen molar-refractivity contribution in [3.63, 3.8) is 0 Å². The monoisotopic (exact) mass is 989 g/mol. The van der Waals surface area contributed by atoms with Gasteiger partial charge in [0.2, 0.25) is 0 Å². The van der Waals surface area contributed by atoms with E-state index >= 15 is 0 Å². The van der Waals surface area contributed by atoms with Gasteiger partial charge < -0.3 is 14.7 Å². The lowest BCUT2D eigenvalue weighted by Crippen LogP contribution is -2.16. The molecule has 360 valence electrons. The third-order valence-corrected chi connectivity index (χ3v) is 15.4. The molecule has 0 aliphatic carbocycles.